The Hall–Kier alpha value is -2.82. The monoisotopic (exact) mass is 312 g/mol. The highest BCUT2D eigenvalue weighted by Crippen LogP contribution is 2.19. The average Bonchev–Trinajstić information content (AvgIpc) is 2.50. The molecule has 0 atom stereocenters. The Morgan fingerprint density at radius 3 is 2.52 bits per heavy atom. The van der Waals surface area contributed by atoms with Gasteiger partial charge in [-0.05, 0) is 43.2 Å². The number of ether oxygens (including phenoxy) is 1. The third kappa shape index (κ3) is 4.85. The molecule has 0 saturated carbocycles. The molecule has 2 amide bonds. The molecule has 0 aromatic heterocycles. The second-order valence-electron chi connectivity index (χ2n) is 5.29. The second-order valence-corrected chi connectivity index (χ2v) is 5.29. The van der Waals surface area contributed by atoms with Crippen molar-refractivity contribution in [3.05, 3.63) is 53.6 Å². The first-order valence-corrected chi connectivity index (χ1v) is 7.32. The Labute approximate surface area is 135 Å². The van der Waals surface area contributed by atoms with Gasteiger partial charge in [0.1, 0.15) is 5.75 Å². The van der Waals surface area contributed by atoms with Crippen molar-refractivity contribution in [3.8, 4) is 5.75 Å². The molecule has 2 aromatic rings. The quantitative estimate of drug-likeness (QED) is 0.890. The van der Waals surface area contributed by atoms with Crippen LogP contribution in [0.25, 0.3) is 0 Å². The number of rotatable bonds is 5. The molecule has 2 rings (SSSR count). The fourth-order valence-electron chi connectivity index (χ4n) is 2.09. The van der Waals surface area contributed by atoms with E-state index >= 15 is 0 Å². The van der Waals surface area contributed by atoms with Crippen LogP contribution in [-0.2, 0) is 9.59 Å². The maximum Gasteiger partial charge on any atom is 0.262 e. The number of anilines is 2. The van der Waals surface area contributed by atoms with E-state index in [4.69, 9.17) is 4.74 Å². The molecule has 0 heterocycles. The lowest BCUT2D eigenvalue weighted by Crippen LogP contribution is -2.20. The fraction of sp³-hybridized carbons (Fsp3) is 0.222. The summed E-state index contributed by atoms with van der Waals surface area (Å²) in [5, 5.41) is 5.50. The molecule has 0 unspecified atom stereocenters. The molecule has 0 fully saturated rings. The highest BCUT2D eigenvalue weighted by atomic mass is 16.5. The summed E-state index contributed by atoms with van der Waals surface area (Å²) in [5.41, 5.74) is 3.57. The average molecular weight is 312 g/mol. The van der Waals surface area contributed by atoms with Gasteiger partial charge in [0, 0.05) is 24.4 Å². The Balaban J connectivity index is 1.94. The van der Waals surface area contributed by atoms with Crippen molar-refractivity contribution in [3.63, 3.8) is 0 Å². The summed E-state index contributed by atoms with van der Waals surface area (Å²) in [5.74, 6) is 0.130. The molecule has 0 spiro atoms. The van der Waals surface area contributed by atoms with Crippen molar-refractivity contribution in [2.45, 2.75) is 20.8 Å². The first kappa shape index (κ1) is 16.5. The van der Waals surface area contributed by atoms with Gasteiger partial charge in [0.15, 0.2) is 6.61 Å². The van der Waals surface area contributed by atoms with Crippen LogP contribution in [0.5, 0.6) is 5.75 Å². The molecule has 0 radical (unpaired) electrons. The molecule has 5 heteroatoms. The highest BCUT2D eigenvalue weighted by molar-refractivity contribution is 5.93. The first-order valence-electron chi connectivity index (χ1n) is 7.32. The number of aryl methyl sites for hydroxylation is 1. The van der Waals surface area contributed by atoms with Crippen LogP contribution in [0.3, 0.4) is 0 Å². The molecule has 0 aliphatic rings. The topological polar surface area (TPSA) is 67.4 Å². The van der Waals surface area contributed by atoms with Crippen molar-refractivity contribution < 1.29 is 14.3 Å². The van der Waals surface area contributed by atoms with Gasteiger partial charge in [0.05, 0.1) is 0 Å². The number of nitrogens with one attached hydrogen (secondary N) is 2. The molecule has 0 saturated heterocycles. The van der Waals surface area contributed by atoms with Crippen molar-refractivity contribution in [2.75, 3.05) is 17.2 Å². The first-order chi connectivity index (χ1) is 11.0. The molecule has 23 heavy (non-hydrogen) atoms. The number of carbonyl (C=O) groups is 2. The van der Waals surface area contributed by atoms with E-state index in [1.807, 2.05) is 32.0 Å². The van der Waals surface area contributed by atoms with Gasteiger partial charge in [0.25, 0.3) is 5.91 Å². The van der Waals surface area contributed by atoms with Gasteiger partial charge in [-0.3, -0.25) is 9.59 Å². The predicted octanol–water partition coefficient (Wildman–Crippen LogP) is 3.28. The molecule has 0 bridgehead atoms. The molecular weight excluding hydrogens is 292 g/mol. The second kappa shape index (κ2) is 7.45. The van der Waals surface area contributed by atoms with Gasteiger partial charge in [-0.2, -0.15) is 0 Å². The maximum absolute atomic E-state index is 12.0. The molecule has 5 nitrogen and oxygen atoms in total. The van der Waals surface area contributed by atoms with Crippen molar-refractivity contribution in [2.24, 2.45) is 0 Å². The van der Waals surface area contributed by atoms with Gasteiger partial charge in [-0.25, -0.2) is 0 Å². The zero-order valence-corrected chi connectivity index (χ0v) is 13.5. The minimum absolute atomic E-state index is 0.100. The normalized spacial score (nSPS) is 10.0. The van der Waals surface area contributed by atoms with Crippen LogP contribution >= 0.6 is 0 Å². The van der Waals surface area contributed by atoms with E-state index in [9.17, 15) is 9.59 Å². The van der Waals surface area contributed by atoms with Crippen LogP contribution in [-0.4, -0.2) is 18.4 Å². The summed E-state index contributed by atoms with van der Waals surface area (Å²) in [4.78, 5) is 23.0. The van der Waals surface area contributed by atoms with E-state index in [0.29, 0.717) is 11.4 Å². The van der Waals surface area contributed by atoms with Crippen molar-refractivity contribution >= 4 is 23.2 Å². The van der Waals surface area contributed by atoms with Gasteiger partial charge < -0.3 is 15.4 Å². The van der Waals surface area contributed by atoms with Crippen molar-refractivity contribution in [1.29, 1.82) is 0 Å². The lowest BCUT2D eigenvalue weighted by Gasteiger charge is -2.11. The SMILES string of the molecule is CC(=O)Nc1cccc(OCC(=O)Nc2cccc(C)c2C)c1. The molecule has 120 valence electrons. The van der Waals surface area contributed by atoms with Gasteiger partial charge in [0.2, 0.25) is 5.91 Å². The number of carbonyl (C=O) groups excluding carboxylic acids is 2. The third-order valence-electron chi connectivity index (χ3n) is 3.40. The zero-order valence-electron chi connectivity index (χ0n) is 13.5. The molecule has 2 aromatic carbocycles. The van der Waals surface area contributed by atoms with E-state index in [1.54, 1.807) is 24.3 Å². The summed E-state index contributed by atoms with van der Waals surface area (Å²) < 4.78 is 5.47. The highest BCUT2D eigenvalue weighted by Gasteiger charge is 2.07. The van der Waals surface area contributed by atoms with Crippen LogP contribution < -0.4 is 15.4 Å². The Morgan fingerprint density at radius 2 is 1.78 bits per heavy atom. The number of hydrogen-bond donors (Lipinski definition) is 2. The van der Waals surface area contributed by atoms with Crippen LogP contribution in [0.4, 0.5) is 11.4 Å². The number of hydrogen-bond acceptors (Lipinski definition) is 3. The van der Waals surface area contributed by atoms with E-state index < -0.39 is 0 Å². The Kier molecular flexibility index (Phi) is 5.36. The largest absolute Gasteiger partial charge is 0.484 e. The zero-order chi connectivity index (χ0) is 16.8. The van der Waals surface area contributed by atoms with Crippen LogP contribution in [0, 0.1) is 13.8 Å². The van der Waals surface area contributed by atoms with E-state index in [2.05, 4.69) is 10.6 Å². The van der Waals surface area contributed by atoms with E-state index in [1.165, 1.54) is 6.92 Å². The summed E-state index contributed by atoms with van der Waals surface area (Å²) in [6, 6.07) is 12.7. The summed E-state index contributed by atoms with van der Waals surface area (Å²) in [6.07, 6.45) is 0. The fourth-order valence-corrected chi connectivity index (χ4v) is 2.09. The van der Waals surface area contributed by atoms with Gasteiger partial charge >= 0.3 is 0 Å². The van der Waals surface area contributed by atoms with Crippen LogP contribution in [0.15, 0.2) is 42.5 Å². The number of benzene rings is 2. The molecule has 0 aliphatic heterocycles. The van der Waals surface area contributed by atoms with E-state index in [0.717, 1.165) is 16.8 Å². The molecule has 0 aliphatic carbocycles. The van der Waals surface area contributed by atoms with Gasteiger partial charge in [-0.1, -0.05) is 18.2 Å². The summed E-state index contributed by atoms with van der Waals surface area (Å²) >= 11 is 0. The predicted molar refractivity (Wildman–Crippen MR) is 90.8 cm³/mol. The minimum atomic E-state index is -0.233. The number of amides is 2. The van der Waals surface area contributed by atoms with Crippen LogP contribution in [0.2, 0.25) is 0 Å². The summed E-state index contributed by atoms with van der Waals surface area (Å²) in [7, 11) is 0. The third-order valence-corrected chi connectivity index (χ3v) is 3.40. The van der Waals surface area contributed by atoms with Gasteiger partial charge in [-0.15, -0.1) is 0 Å². The molecular formula is C18H20N2O3. The van der Waals surface area contributed by atoms with Crippen LogP contribution in [0.1, 0.15) is 18.1 Å². The van der Waals surface area contributed by atoms with E-state index in [-0.39, 0.29) is 18.4 Å². The lowest BCUT2D eigenvalue weighted by atomic mass is 10.1. The standard InChI is InChI=1S/C18H20N2O3/c1-12-6-4-9-17(13(12)2)20-18(22)11-23-16-8-5-7-15(10-16)19-14(3)21/h4-10H,11H2,1-3H3,(H,19,21)(H,20,22). The molecule has 2 N–H and O–H groups in total. The Morgan fingerprint density at radius 1 is 1.04 bits per heavy atom. The Bertz CT molecular complexity index is 726. The van der Waals surface area contributed by atoms with Crippen molar-refractivity contribution in [1.82, 2.24) is 0 Å². The lowest BCUT2D eigenvalue weighted by molar-refractivity contribution is -0.118. The summed E-state index contributed by atoms with van der Waals surface area (Å²) in [6.45, 7) is 5.29. The maximum atomic E-state index is 12.0. The smallest absolute Gasteiger partial charge is 0.262 e. The minimum Gasteiger partial charge on any atom is -0.484 e.